The highest BCUT2D eigenvalue weighted by atomic mass is 32.2. The van der Waals surface area contributed by atoms with Gasteiger partial charge in [-0.3, -0.25) is 4.98 Å². The van der Waals surface area contributed by atoms with E-state index in [4.69, 9.17) is 0 Å². The number of carbonyl (C=O) groups excluding carboxylic acids is 1. The van der Waals surface area contributed by atoms with E-state index in [0.717, 1.165) is 36.8 Å². The normalized spacial score (nSPS) is 18.7. The van der Waals surface area contributed by atoms with Crippen LogP contribution in [0.2, 0.25) is 0 Å². The van der Waals surface area contributed by atoms with Gasteiger partial charge in [0.2, 0.25) is 10.0 Å². The zero-order chi connectivity index (χ0) is 16.9. The average molecular weight is 340 g/mol. The smallest absolute Gasteiger partial charge is 0.317 e. The molecular formula is C15H24N4O3S. The third-order valence-electron chi connectivity index (χ3n) is 3.89. The quantitative estimate of drug-likeness (QED) is 0.837. The Bertz CT molecular complexity index is 631. The van der Waals surface area contributed by atoms with E-state index in [2.05, 4.69) is 15.0 Å². The van der Waals surface area contributed by atoms with Gasteiger partial charge in [-0.05, 0) is 37.8 Å². The van der Waals surface area contributed by atoms with Crippen molar-refractivity contribution in [2.75, 3.05) is 19.3 Å². The SMILES string of the molecule is Cc1ccc(CNC(=O)N2CCCC[C@@H]2CNS(C)(=O)=O)cn1. The van der Waals surface area contributed by atoms with Crippen LogP contribution in [0, 0.1) is 6.92 Å². The maximum Gasteiger partial charge on any atom is 0.317 e. The number of urea groups is 1. The number of sulfonamides is 1. The van der Waals surface area contributed by atoms with Crippen LogP contribution in [0.5, 0.6) is 0 Å². The molecule has 0 saturated carbocycles. The van der Waals surface area contributed by atoms with Gasteiger partial charge in [-0.15, -0.1) is 0 Å². The van der Waals surface area contributed by atoms with Gasteiger partial charge >= 0.3 is 6.03 Å². The topological polar surface area (TPSA) is 91.4 Å². The highest BCUT2D eigenvalue weighted by Gasteiger charge is 2.27. The van der Waals surface area contributed by atoms with Gasteiger partial charge in [0.15, 0.2) is 0 Å². The standard InChI is InChI=1S/C15H24N4O3S/c1-12-6-7-13(9-16-12)10-17-15(20)19-8-4-3-5-14(19)11-18-23(2,21)22/h6-7,9,14,18H,3-5,8,10-11H2,1-2H3,(H,17,20)/t14-/m1/s1. The van der Waals surface area contributed by atoms with Gasteiger partial charge in [-0.2, -0.15) is 0 Å². The lowest BCUT2D eigenvalue weighted by molar-refractivity contribution is 0.152. The second-order valence-electron chi connectivity index (χ2n) is 5.93. The molecule has 1 aliphatic heterocycles. The summed E-state index contributed by atoms with van der Waals surface area (Å²) in [6.07, 6.45) is 5.62. The molecule has 8 heteroatoms. The summed E-state index contributed by atoms with van der Waals surface area (Å²) in [5, 5.41) is 2.89. The van der Waals surface area contributed by atoms with Crippen molar-refractivity contribution in [3.05, 3.63) is 29.6 Å². The van der Waals surface area contributed by atoms with Gasteiger partial charge in [0, 0.05) is 37.6 Å². The van der Waals surface area contributed by atoms with E-state index in [0.29, 0.717) is 13.1 Å². The minimum absolute atomic E-state index is 0.102. The molecule has 0 unspecified atom stereocenters. The molecule has 128 valence electrons. The molecule has 2 N–H and O–H groups in total. The fourth-order valence-corrected chi connectivity index (χ4v) is 3.11. The monoisotopic (exact) mass is 340 g/mol. The summed E-state index contributed by atoms with van der Waals surface area (Å²) in [6, 6.07) is 3.57. The van der Waals surface area contributed by atoms with E-state index in [9.17, 15) is 13.2 Å². The van der Waals surface area contributed by atoms with Crippen molar-refractivity contribution in [1.29, 1.82) is 0 Å². The zero-order valence-electron chi connectivity index (χ0n) is 13.6. The summed E-state index contributed by atoms with van der Waals surface area (Å²) < 4.78 is 25.0. The van der Waals surface area contributed by atoms with E-state index >= 15 is 0 Å². The van der Waals surface area contributed by atoms with Crippen LogP contribution in [-0.2, 0) is 16.6 Å². The molecule has 1 aromatic heterocycles. The van der Waals surface area contributed by atoms with Crippen molar-refractivity contribution >= 4 is 16.1 Å². The van der Waals surface area contributed by atoms with Gasteiger partial charge in [0.05, 0.1) is 6.26 Å². The van der Waals surface area contributed by atoms with Crippen molar-refractivity contribution < 1.29 is 13.2 Å². The highest BCUT2D eigenvalue weighted by Crippen LogP contribution is 2.17. The molecule has 1 aromatic rings. The Labute approximate surface area is 137 Å². The van der Waals surface area contributed by atoms with Gasteiger partial charge in [-0.1, -0.05) is 6.07 Å². The molecular weight excluding hydrogens is 316 g/mol. The Hall–Kier alpha value is -1.67. The number of aryl methyl sites for hydroxylation is 1. The number of rotatable bonds is 5. The number of piperidine rings is 1. The predicted octanol–water partition coefficient (Wildman–Crippen LogP) is 1.00. The number of hydrogen-bond donors (Lipinski definition) is 2. The fraction of sp³-hybridized carbons (Fsp3) is 0.600. The third-order valence-corrected chi connectivity index (χ3v) is 4.58. The predicted molar refractivity (Wildman–Crippen MR) is 88.4 cm³/mol. The molecule has 2 heterocycles. The van der Waals surface area contributed by atoms with E-state index in [1.54, 1.807) is 11.1 Å². The lowest BCUT2D eigenvalue weighted by Gasteiger charge is -2.35. The first-order chi connectivity index (χ1) is 10.8. The molecule has 1 fully saturated rings. The first-order valence-corrected chi connectivity index (χ1v) is 9.65. The van der Waals surface area contributed by atoms with Crippen LogP contribution in [0.15, 0.2) is 18.3 Å². The number of nitrogens with zero attached hydrogens (tertiary/aromatic N) is 2. The number of aromatic nitrogens is 1. The first kappa shape index (κ1) is 17.7. The second kappa shape index (κ2) is 7.74. The Morgan fingerprint density at radius 2 is 2.17 bits per heavy atom. The molecule has 1 saturated heterocycles. The van der Waals surface area contributed by atoms with Crippen LogP contribution in [0.1, 0.15) is 30.5 Å². The van der Waals surface area contributed by atoms with Gasteiger partial charge in [-0.25, -0.2) is 17.9 Å². The third kappa shape index (κ3) is 5.80. The van der Waals surface area contributed by atoms with Gasteiger partial charge in [0.25, 0.3) is 0 Å². The van der Waals surface area contributed by atoms with Crippen LogP contribution >= 0.6 is 0 Å². The largest absolute Gasteiger partial charge is 0.334 e. The molecule has 1 atom stereocenters. The minimum atomic E-state index is -3.25. The Balaban J connectivity index is 1.90. The number of nitrogens with one attached hydrogen (secondary N) is 2. The summed E-state index contributed by atoms with van der Waals surface area (Å²) in [7, 11) is -3.25. The lowest BCUT2D eigenvalue weighted by atomic mass is 10.0. The minimum Gasteiger partial charge on any atom is -0.334 e. The van der Waals surface area contributed by atoms with Crippen LogP contribution in [0.4, 0.5) is 4.79 Å². The molecule has 2 amide bonds. The van der Waals surface area contributed by atoms with Gasteiger partial charge < -0.3 is 10.2 Å². The summed E-state index contributed by atoms with van der Waals surface area (Å²) >= 11 is 0. The van der Waals surface area contributed by atoms with Gasteiger partial charge in [0.1, 0.15) is 0 Å². The van der Waals surface area contributed by atoms with Crippen molar-refractivity contribution in [2.45, 2.75) is 38.8 Å². The van der Waals surface area contributed by atoms with E-state index in [-0.39, 0.29) is 18.6 Å². The zero-order valence-corrected chi connectivity index (χ0v) is 14.4. The van der Waals surface area contributed by atoms with Crippen molar-refractivity contribution in [2.24, 2.45) is 0 Å². The second-order valence-corrected chi connectivity index (χ2v) is 7.76. The van der Waals surface area contributed by atoms with Crippen LogP contribution in [0.3, 0.4) is 0 Å². The Morgan fingerprint density at radius 1 is 1.39 bits per heavy atom. The molecule has 0 spiro atoms. The van der Waals surface area contributed by atoms with Crippen molar-refractivity contribution in [3.63, 3.8) is 0 Å². The summed E-state index contributed by atoms with van der Waals surface area (Å²) in [5.74, 6) is 0. The Kier molecular flexibility index (Phi) is 5.95. The lowest BCUT2D eigenvalue weighted by Crippen LogP contribution is -2.52. The molecule has 23 heavy (non-hydrogen) atoms. The first-order valence-electron chi connectivity index (χ1n) is 7.76. The molecule has 1 aliphatic rings. The molecule has 0 radical (unpaired) electrons. The Morgan fingerprint density at radius 3 is 2.83 bits per heavy atom. The summed E-state index contributed by atoms with van der Waals surface area (Å²) in [4.78, 5) is 18.3. The van der Waals surface area contributed by atoms with Crippen molar-refractivity contribution in [1.82, 2.24) is 19.9 Å². The van der Waals surface area contributed by atoms with E-state index in [1.807, 2.05) is 19.1 Å². The van der Waals surface area contributed by atoms with E-state index in [1.165, 1.54) is 0 Å². The number of pyridine rings is 1. The summed E-state index contributed by atoms with van der Waals surface area (Å²) in [5.41, 5.74) is 1.87. The fourth-order valence-electron chi connectivity index (χ4n) is 2.61. The maximum absolute atomic E-state index is 12.4. The molecule has 0 aliphatic carbocycles. The molecule has 0 aromatic carbocycles. The maximum atomic E-state index is 12.4. The van der Waals surface area contributed by atoms with Crippen molar-refractivity contribution in [3.8, 4) is 0 Å². The molecule has 7 nitrogen and oxygen atoms in total. The highest BCUT2D eigenvalue weighted by molar-refractivity contribution is 7.88. The number of hydrogen-bond acceptors (Lipinski definition) is 4. The number of amides is 2. The number of carbonyl (C=O) groups is 1. The number of likely N-dealkylation sites (tertiary alicyclic amines) is 1. The van der Waals surface area contributed by atoms with Crippen LogP contribution in [-0.4, -0.2) is 49.7 Å². The summed E-state index contributed by atoms with van der Waals surface area (Å²) in [6.45, 7) is 3.23. The van der Waals surface area contributed by atoms with E-state index < -0.39 is 10.0 Å². The molecule has 2 rings (SSSR count). The molecule has 0 bridgehead atoms. The average Bonchev–Trinajstić information content (AvgIpc) is 2.52. The van der Waals surface area contributed by atoms with Crippen LogP contribution < -0.4 is 10.0 Å². The van der Waals surface area contributed by atoms with Crippen LogP contribution in [0.25, 0.3) is 0 Å².